The molecule has 0 saturated carbocycles. The number of nitrogens with one attached hydrogen (secondary N) is 2. The number of aliphatic hydroxyl groups excluding tert-OH is 1. The van der Waals surface area contributed by atoms with Crippen LogP contribution in [-0.2, 0) is 0 Å². The highest BCUT2D eigenvalue weighted by atomic mass is 16.3. The van der Waals surface area contributed by atoms with Gasteiger partial charge < -0.3 is 15.4 Å². The molecule has 2 aromatic rings. The Bertz CT molecular complexity index is 424. The zero-order valence-electron chi connectivity index (χ0n) is 7.73. The number of hydrogen-bond donors (Lipinski definition) is 3. The smallest absolute Gasteiger partial charge is 0.182 e. The maximum absolute atomic E-state index is 9.10. The molecule has 0 aliphatic rings. The minimum Gasteiger partial charge on any atom is -0.392 e. The van der Waals surface area contributed by atoms with Crippen molar-refractivity contribution in [3.05, 3.63) is 12.7 Å². The average Bonchev–Trinajstić information content (AvgIpc) is 2.62. The normalized spacial score (nSPS) is 13.0. The molecule has 3 N–H and O–H groups in total. The molecule has 14 heavy (non-hydrogen) atoms. The lowest BCUT2D eigenvalue weighted by molar-refractivity contribution is 0.208. The molecule has 2 rings (SSSR count). The Balaban J connectivity index is 2.27. The van der Waals surface area contributed by atoms with Crippen LogP contribution in [-0.4, -0.2) is 37.7 Å². The van der Waals surface area contributed by atoms with Crippen molar-refractivity contribution in [3.8, 4) is 0 Å². The van der Waals surface area contributed by atoms with E-state index in [-0.39, 0.29) is 0 Å². The summed E-state index contributed by atoms with van der Waals surface area (Å²) in [7, 11) is 0. The third-order valence-electron chi connectivity index (χ3n) is 1.79. The zero-order chi connectivity index (χ0) is 9.97. The maximum Gasteiger partial charge on any atom is 0.182 e. The van der Waals surface area contributed by atoms with Gasteiger partial charge in [0.15, 0.2) is 11.5 Å². The standard InChI is InChI=1S/C8H11N5O/c1-5(14)2-9-7-6-8(11-3-10-6)13-4-12-7/h3-5,14H,2H2,1H3,(H2,9,10,11,12,13)/t5-/m1/s1. The number of nitrogens with zero attached hydrogens (tertiary/aromatic N) is 3. The minimum absolute atomic E-state index is 0.414. The van der Waals surface area contributed by atoms with Gasteiger partial charge in [0.05, 0.1) is 12.4 Å². The molecule has 2 aromatic heterocycles. The van der Waals surface area contributed by atoms with E-state index in [1.165, 1.54) is 6.33 Å². The van der Waals surface area contributed by atoms with Crippen LogP contribution in [0, 0.1) is 0 Å². The molecule has 0 aliphatic carbocycles. The van der Waals surface area contributed by atoms with Crippen molar-refractivity contribution in [2.24, 2.45) is 0 Å². The van der Waals surface area contributed by atoms with E-state index in [1.54, 1.807) is 13.3 Å². The van der Waals surface area contributed by atoms with Gasteiger partial charge in [-0.25, -0.2) is 15.0 Å². The lowest BCUT2D eigenvalue weighted by atomic mass is 10.4. The van der Waals surface area contributed by atoms with Crippen LogP contribution in [0.2, 0.25) is 0 Å². The Kier molecular flexibility index (Phi) is 2.28. The fraction of sp³-hybridized carbons (Fsp3) is 0.375. The fourth-order valence-electron chi connectivity index (χ4n) is 1.14. The molecule has 74 valence electrons. The van der Waals surface area contributed by atoms with Crippen LogP contribution in [0.3, 0.4) is 0 Å². The minimum atomic E-state index is -0.414. The number of aromatic nitrogens is 4. The second-order valence-corrected chi connectivity index (χ2v) is 3.05. The Labute approximate surface area is 80.4 Å². The number of aromatic amines is 1. The van der Waals surface area contributed by atoms with Gasteiger partial charge in [-0.15, -0.1) is 0 Å². The molecule has 0 bridgehead atoms. The zero-order valence-corrected chi connectivity index (χ0v) is 7.73. The third-order valence-corrected chi connectivity index (χ3v) is 1.79. The first kappa shape index (κ1) is 8.89. The van der Waals surface area contributed by atoms with Crippen molar-refractivity contribution in [2.75, 3.05) is 11.9 Å². The summed E-state index contributed by atoms with van der Waals surface area (Å²) in [4.78, 5) is 14.9. The second kappa shape index (κ2) is 3.59. The molecule has 0 fully saturated rings. The van der Waals surface area contributed by atoms with Gasteiger partial charge in [-0.1, -0.05) is 0 Å². The molecule has 0 unspecified atom stereocenters. The maximum atomic E-state index is 9.10. The third kappa shape index (κ3) is 1.64. The first-order chi connectivity index (χ1) is 6.77. The predicted molar refractivity (Wildman–Crippen MR) is 51.9 cm³/mol. The molecular weight excluding hydrogens is 182 g/mol. The number of fused-ring (bicyclic) bond motifs is 1. The molecule has 0 saturated heterocycles. The summed E-state index contributed by atoms with van der Waals surface area (Å²) in [5, 5.41) is 12.1. The SMILES string of the molecule is C[C@@H](O)CNc1ncnc2nc[nH]c12. The van der Waals surface area contributed by atoms with Crippen molar-refractivity contribution in [1.82, 2.24) is 19.9 Å². The molecule has 2 heterocycles. The highest BCUT2D eigenvalue weighted by Crippen LogP contribution is 2.13. The quantitative estimate of drug-likeness (QED) is 0.645. The van der Waals surface area contributed by atoms with E-state index in [4.69, 9.17) is 5.11 Å². The van der Waals surface area contributed by atoms with Gasteiger partial charge in [-0.05, 0) is 6.92 Å². The number of imidazole rings is 1. The van der Waals surface area contributed by atoms with E-state index in [9.17, 15) is 0 Å². The molecule has 1 atom stereocenters. The summed E-state index contributed by atoms with van der Waals surface area (Å²) in [6, 6.07) is 0. The Morgan fingerprint density at radius 2 is 2.36 bits per heavy atom. The number of anilines is 1. The van der Waals surface area contributed by atoms with Crippen molar-refractivity contribution >= 4 is 17.0 Å². The van der Waals surface area contributed by atoms with Crippen LogP contribution in [0.4, 0.5) is 5.82 Å². The Morgan fingerprint density at radius 3 is 3.14 bits per heavy atom. The predicted octanol–water partition coefficient (Wildman–Crippen LogP) is 0.146. The summed E-state index contributed by atoms with van der Waals surface area (Å²) in [5.74, 6) is 0.661. The van der Waals surface area contributed by atoms with Crippen LogP contribution in [0.5, 0.6) is 0 Å². The highest BCUT2D eigenvalue weighted by Gasteiger charge is 2.05. The largest absolute Gasteiger partial charge is 0.392 e. The molecule has 0 aliphatic heterocycles. The summed E-state index contributed by atoms with van der Waals surface area (Å²) >= 11 is 0. The van der Waals surface area contributed by atoms with Gasteiger partial charge >= 0.3 is 0 Å². The molecule has 6 heteroatoms. The average molecular weight is 193 g/mol. The van der Waals surface area contributed by atoms with Crippen LogP contribution in [0.15, 0.2) is 12.7 Å². The van der Waals surface area contributed by atoms with Gasteiger partial charge in [-0.2, -0.15) is 0 Å². The second-order valence-electron chi connectivity index (χ2n) is 3.05. The van der Waals surface area contributed by atoms with Crippen molar-refractivity contribution in [2.45, 2.75) is 13.0 Å². The van der Waals surface area contributed by atoms with Gasteiger partial charge in [0.25, 0.3) is 0 Å². The van der Waals surface area contributed by atoms with E-state index >= 15 is 0 Å². The van der Waals surface area contributed by atoms with Gasteiger partial charge in [0.2, 0.25) is 0 Å². The molecule has 6 nitrogen and oxygen atoms in total. The van der Waals surface area contributed by atoms with Crippen molar-refractivity contribution < 1.29 is 5.11 Å². The van der Waals surface area contributed by atoms with Crippen LogP contribution >= 0.6 is 0 Å². The monoisotopic (exact) mass is 193 g/mol. The van der Waals surface area contributed by atoms with Crippen LogP contribution in [0.1, 0.15) is 6.92 Å². The van der Waals surface area contributed by atoms with E-state index in [0.717, 1.165) is 5.52 Å². The van der Waals surface area contributed by atoms with E-state index < -0.39 is 6.10 Å². The Hall–Kier alpha value is -1.69. The lowest BCUT2D eigenvalue weighted by Crippen LogP contribution is -2.16. The van der Waals surface area contributed by atoms with Gasteiger partial charge in [-0.3, -0.25) is 0 Å². The first-order valence-corrected chi connectivity index (χ1v) is 4.33. The number of hydrogen-bond acceptors (Lipinski definition) is 5. The van der Waals surface area contributed by atoms with Gasteiger partial charge in [0.1, 0.15) is 11.8 Å². The van der Waals surface area contributed by atoms with Crippen LogP contribution < -0.4 is 5.32 Å². The summed E-state index contributed by atoms with van der Waals surface area (Å²) < 4.78 is 0. The lowest BCUT2D eigenvalue weighted by Gasteiger charge is -2.07. The topological polar surface area (TPSA) is 86.7 Å². The molecular formula is C8H11N5O. The van der Waals surface area contributed by atoms with E-state index in [1.807, 2.05) is 0 Å². The van der Waals surface area contributed by atoms with E-state index in [2.05, 4.69) is 25.3 Å². The van der Waals surface area contributed by atoms with Crippen molar-refractivity contribution in [1.29, 1.82) is 0 Å². The summed E-state index contributed by atoms with van der Waals surface area (Å²) in [6.45, 7) is 2.16. The number of H-pyrrole nitrogens is 1. The first-order valence-electron chi connectivity index (χ1n) is 4.33. The number of rotatable bonds is 3. The molecule has 0 spiro atoms. The molecule has 0 radical (unpaired) electrons. The fourth-order valence-corrected chi connectivity index (χ4v) is 1.14. The van der Waals surface area contributed by atoms with Crippen LogP contribution in [0.25, 0.3) is 11.2 Å². The van der Waals surface area contributed by atoms with Crippen molar-refractivity contribution in [3.63, 3.8) is 0 Å². The summed E-state index contributed by atoms with van der Waals surface area (Å²) in [5.41, 5.74) is 1.38. The van der Waals surface area contributed by atoms with Gasteiger partial charge in [0, 0.05) is 6.54 Å². The highest BCUT2D eigenvalue weighted by molar-refractivity contribution is 5.81. The van der Waals surface area contributed by atoms with E-state index in [0.29, 0.717) is 18.0 Å². The molecule has 0 aromatic carbocycles. The number of aliphatic hydroxyl groups is 1. The summed E-state index contributed by atoms with van der Waals surface area (Å²) in [6.07, 6.45) is 2.59. The molecule has 0 amide bonds. The Morgan fingerprint density at radius 1 is 1.50 bits per heavy atom.